The molecule has 1 amide bonds. The Balaban J connectivity index is 2.38. The molecular weight excluding hydrogens is 318 g/mol. The van der Waals surface area contributed by atoms with E-state index in [4.69, 9.17) is 31.9 Å². The van der Waals surface area contributed by atoms with Crippen molar-refractivity contribution in [1.82, 2.24) is 0 Å². The number of amides is 1. The summed E-state index contributed by atoms with van der Waals surface area (Å²) in [5.74, 6) is -0.615. The fraction of sp³-hybridized carbons (Fsp3) is 0.471. The number of primary amides is 1. The number of hydrogen-bond donors (Lipinski definition) is 2. The first-order chi connectivity index (χ1) is 11.1. The molecule has 3 N–H and O–H groups in total. The molecule has 0 unspecified atom stereocenters. The Kier molecular flexibility index (Phi) is 6.45. The molecule has 0 saturated carbocycles. The number of aliphatic hydroxyl groups excluding tert-OH is 1. The van der Waals surface area contributed by atoms with E-state index in [1.165, 1.54) is 0 Å². The van der Waals surface area contributed by atoms with Crippen LogP contribution in [-0.2, 0) is 14.3 Å². The molecule has 0 aromatic heterocycles. The van der Waals surface area contributed by atoms with Gasteiger partial charge in [-0.05, 0) is 43.5 Å². The highest BCUT2D eigenvalue weighted by Crippen LogP contribution is 2.39. The van der Waals surface area contributed by atoms with E-state index in [-0.39, 0.29) is 24.2 Å². The standard InChI is InChI=1S/C17H22ClNO4/c1-2-22-17-13(4-3-9-20)14(10-15(23-17)16(19)21)11-5-7-12(18)8-6-11/h5-8,10,13-14,17,20H,2-4,9H2,1H3,(H2,19,21)/t13-,14+,17+/m1/s1. The highest BCUT2D eigenvalue weighted by molar-refractivity contribution is 6.30. The summed E-state index contributed by atoms with van der Waals surface area (Å²) in [6.07, 6.45) is 2.50. The van der Waals surface area contributed by atoms with E-state index in [1.807, 2.05) is 31.2 Å². The maximum absolute atomic E-state index is 11.6. The third-order valence-corrected chi connectivity index (χ3v) is 4.16. The Bertz CT molecular complexity index is 558. The monoisotopic (exact) mass is 339 g/mol. The van der Waals surface area contributed by atoms with Crippen LogP contribution in [0.2, 0.25) is 5.02 Å². The van der Waals surface area contributed by atoms with Gasteiger partial charge in [-0.25, -0.2) is 0 Å². The largest absolute Gasteiger partial charge is 0.459 e. The molecule has 1 heterocycles. The van der Waals surface area contributed by atoms with Gasteiger partial charge in [-0.2, -0.15) is 0 Å². The predicted octanol–water partition coefficient (Wildman–Crippen LogP) is 2.57. The third-order valence-electron chi connectivity index (χ3n) is 3.91. The van der Waals surface area contributed by atoms with Crippen molar-refractivity contribution in [3.63, 3.8) is 0 Å². The van der Waals surface area contributed by atoms with Gasteiger partial charge in [0, 0.05) is 30.1 Å². The summed E-state index contributed by atoms with van der Waals surface area (Å²) in [7, 11) is 0. The Morgan fingerprint density at radius 3 is 2.65 bits per heavy atom. The minimum absolute atomic E-state index is 0.0219. The Morgan fingerprint density at radius 1 is 1.39 bits per heavy atom. The molecule has 0 radical (unpaired) electrons. The smallest absolute Gasteiger partial charge is 0.283 e. The first kappa shape index (κ1) is 17.8. The zero-order valence-corrected chi connectivity index (χ0v) is 13.8. The van der Waals surface area contributed by atoms with Gasteiger partial charge in [0.15, 0.2) is 5.76 Å². The summed E-state index contributed by atoms with van der Waals surface area (Å²) in [6.45, 7) is 2.42. The van der Waals surface area contributed by atoms with Gasteiger partial charge in [0.1, 0.15) is 0 Å². The molecule has 1 aromatic rings. The van der Waals surface area contributed by atoms with Gasteiger partial charge in [-0.1, -0.05) is 23.7 Å². The number of benzene rings is 1. The van der Waals surface area contributed by atoms with Crippen molar-refractivity contribution in [3.05, 3.63) is 46.7 Å². The minimum Gasteiger partial charge on any atom is -0.459 e. The second-order valence-electron chi connectivity index (χ2n) is 5.44. The zero-order valence-electron chi connectivity index (χ0n) is 13.1. The fourth-order valence-corrected chi connectivity index (χ4v) is 2.97. The molecule has 1 aliphatic heterocycles. The van der Waals surface area contributed by atoms with E-state index in [2.05, 4.69) is 0 Å². The molecule has 1 aromatic carbocycles. The zero-order chi connectivity index (χ0) is 16.8. The summed E-state index contributed by atoms with van der Waals surface area (Å²) in [5, 5.41) is 9.80. The Hall–Kier alpha value is -1.56. The maximum Gasteiger partial charge on any atom is 0.283 e. The van der Waals surface area contributed by atoms with Gasteiger partial charge in [-0.15, -0.1) is 0 Å². The number of halogens is 1. The maximum atomic E-state index is 11.6. The lowest BCUT2D eigenvalue weighted by Gasteiger charge is -2.36. The molecule has 0 fully saturated rings. The van der Waals surface area contributed by atoms with Crippen LogP contribution in [0.3, 0.4) is 0 Å². The van der Waals surface area contributed by atoms with Crippen molar-refractivity contribution in [2.24, 2.45) is 11.7 Å². The molecule has 0 bridgehead atoms. The van der Waals surface area contributed by atoms with Crippen LogP contribution < -0.4 is 5.73 Å². The summed E-state index contributed by atoms with van der Waals surface area (Å²) < 4.78 is 11.3. The van der Waals surface area contributed by atoms with Crippen LogP contribution in [0, 0.1) is 5.92 Å². The topological polar surface area (TPSA) is 81.8 Å². The van der Waals surface area contributed by atoms with E-state index >= 15 is 0 Å². The van der Waals surface area contributed by atoms with E-state index in [9.17, 15) is 4.79 Å². The summed E-state index contributed by atoms with van der Waals surface area (Å²) in [6, 6.07) is 7.45. The Morgan fingerprint density at radius 2 is 2.09 bits per heavy atom. The second-order valence-corrected chi connectivity index (χ2v) is 5.88. The quantitative estimate of drug-likeness (QED) is 0.800. The number of nitrogens with two attached hydrogens (primary N) is 1. The number of carbonyl (C=O) groups is 1. The van der Waals surface area contributed by atoms with Crippen LogP contribution in [-0.4, -0.2) is 30.5 Å². The number of rotatable bonds is 7. The highest BCUT2D eigenvalue weighted by Gasteiger charge is 2.37. The van der Waals surface area contributed by atoms with Crippen LogP contribution in [0.4, 0.5) is 0 Å². The van der Waals surface area contributed by atoms with Crippen LogP contribution in [0.15, 0.2) is 36.1 Å². The van der Waals surface area contributed by atoms with Gasteiger partial charge in [0.05, 0.1) is 0 Å². The lowest BCUT2D eigenvalue weighted by molar-refractivity contribution is -0.165. The van der Waals surface area contributed by atoms with E-state index < -0.39 is 12.2 Å². The second kappa shape index (κ2) is 8.34. The summed E-state index contributed by atoms with van der Waals surface area (Å²) in [5.41, 5.74) is 6.39. The van der Waals surface area contributed by atoms with E-state index in [0.717, 1.165) is 5.56 Å². The van der Waals surface area contributed by atoms with Gasteiger partial charge in [0.2, 0.25) is 6.29 Å². The SMILES string of the molecule is CCO[C@H]1OC(C(N)=O)=C[C@@H](c2ccc(Cl)cc2)[C@H]1CCCO. The normalized spacial score (nSPS) is 24.0. The summed E-state index contributed by atoms with van der Waals surface area (Å²) >= 11 is 5.96. The fourth-order valence-electron chi connectivity index (χ4n) is 2.84. The average Bonchev–Trinajstić information content (AvgIpc) is 2.54. The molecule has 2 rings (SSSR count). The van der Waals surface area contributed by atoms with Crippen LogP contribution in [0.5, 0.6) is 0 Å². The van der Waals surface area contributed by atoms with Crippen LogP contribution >= 0.6 is 11.6 Å². The average molecular weight is 340 g/mol. The molecular formula is C17H22ClNO4. The van der Waals surface area contributed by atoms with Crippen molar-refractivity contribution < 1.29 is 19.4 Å². The van der Waals surface area contributed by atoms with Gasteiger partial charge >= 0.3 is 0 Å². The molecule has 1 aliphatic rings. The molecule has 0 saturated heterocycles. The molecule has 3 atom stereocenters. The van der Waals surface area contributed by atoms with E-state index in [1.54, 1.807) is 6.08 Å². The lowest BCUT2D eigenvalue weighted by atomic mass is 9.80. The first-order valence-corrected chi connectivity index (χ1v) is 8.10. The molecule has 5 nitrogen and oxygen atoms in total. The van der Waals surface area contributed by atoms with Crippen molar-refractivity contribution in [2.45, 2.75) is 32.0 Å². The number of allylic oxidation sites excluding steroid dienone is 1. The third kappa shape index (κ3) is 4.47. The number of carbonyl (C=O) groups excluding carboxylic acids is 1. The van der Waals surface area contributed by atoms with Gasteiger partial charge in [0.25, 0.3) is 5.91 Å². The van der Waals surface area contributed by atoms with Crippen LogP contribution in [0.25, 0.3) is 0 Å². The lowest BCUT2D eigenvalue weighted by Crippen LogP contribution is -2.37. The van der Waals surface area contributed by atoms with Crippen molar-refractivity contribution in [1.29, 1.82) is 0 Å². The molecule has 6 heteroatoms. The molecule has 0 spiro atoms. The predicted molar refractivity (Wildman–Crippen MR) is 87.8 cm³/mol. The summed E-state index contributed by atoms with van der Waals surface area (Å²) in [4.78, 5) is 11.6. The number of ether oxygens (including phenoxy) is 2. The molecule has 0 aliphatic carbocycles. The van der Waals surface area contributed by atoms with Crippen molar-refractivity contribution in [2.75, 3.05) is 13.2 Å². The van der Waals surface area contributed by atoms with Gasteiger partial charge < -0.3 is 20.3 Å². The Labute approximate surface area is 141 Å². The molecule has 126 valence electrons. The van der Waals surface area contributed by atoms with E-state index in [0.29, 0.717) is 24.5 Å². The van der Waals surface area contributed by atoms with Gasteiger partial charge in [-0.3, -0.25) is 4.79 Å². The number of aliphatic hydroxyl groups is 1. The highest BCUT2D eigenvalue weighted by atomic mass is 35.5. The minimum atomic E-state index is -0.616. The van der Waals surface area contributed by atoms with Crippen LogP contribution in [0.1, 0.15) is 31.2 Å². The molecule has 23 heavy (non-hydrogen) atoms. The number of hydrogen-bond acceptors (Lipinski definition) is 4. The first-order valence-electron chi connectivity index (χ1n) is 7.73. The van der Waals surface area contributed by atoms with Crippen molar-refractivity contribution in [3.8, 4) is 0 Å². The van der Waals surface area contributed by atoms with Crippen molar-refractivity contribution >= 4 is 17.5 Å².